The molecule has 0 unspecified atom stereocenters. The van der Waals surface area contributed by atoms with Crippen LogP contribution in [0.2, 0.25) is 5.02 Å². The van der Waals surface area contributed by atoms with Crippen LogP contribution in [0.3, 0.4) is 0 Å². The van der Waals surface area contributed by atoms with E-state index in [-0.39, 0.29) is 16.7 Å². The predicted molar refractivity (Wildman–Crippen MR) is 79.3 cm³/mol. The van der Waals surface area contributed by atoms with Gasteiger partial charge in [-0.15, -0.1) is 11.8 Å². The van der Waals surface area contributed by atoms with Gasteiger partial charge in [-0.05, 0) is 42.7 Å². The first kappa shape index (κ1) is 13.8. The summed E-state index contributed by atoms with van der Waals surface area (Å²) in [7, 11) is 0. The van der Waals surface area contributed by atoms with E-state index in [4.69, 9.17) is 11.6 Å². The van der Waals surface area contributed by atoms with Gasteiger partial charge in [-0.1, -0.05) is 17.7 Å². The molecule has 0 bridgehead atoms. The Hall–Kier alpha value is -1.65. The van der Waals surface area contributed by atoms with Crippen LogP contribution in [0, 0.1) is 0 Å². The molecule has 2 rings (SSSR count). The van der Waals surface area contributed by atoms with Crippen LogP contribution in [0.5, 0.6) is 5.75 Å². The average molecular weight is 294 g/mol. The number of nitrogens with one attached hydrogen (secondary N) is 1. The summed E-state index contributed by atoms with van der Waals surface area (Å²) in [6.45, 7) is 0. The fourth-order valence-corrected chi connectivity index (χ4v) is 2.19. The Kier molecular flexibility index (Phi) is 4.35. The van der Waals surface area contributed by atoms with E-state index in [0.717, 1.165) is 10.6 Å². The molecular formula is C14H12ClNO2S. The summed E-state index contributed by atoms with van der Waals surface area (Å²) in [4.78, 5) is 13.1. The molecule has 5 heteroatoms. The zero-order valence-electron chi connectivity index (χ0n) is 10.2. The van der Waals surface area contributed by atoms with Crippen molar-refractivity contribution < 1.29 is 9.90 Å². The predicted octanol–water partition coefficient (Wildman–Crippen LogP) is 4.02. The van der Waals surface area contributed by atoms with Gasteiger partial charge in [0.15, 0.2) is 0 Å². The van der Waals surface area contributed by atoms with Crippen LogP contribution in [0.4, 0.5) is 5.69 Å². The fraction of sp³-hybridized carbons (Fsp3) is 0.0714. The molecule has 0 radical (unpaired) electrons. The molecule has 0 aliphatic carbocycles. The number of carbonyl (C=O) groups excluding carboxylic acids is 1. The van der Waals surface area contributed by atoms with Gasteiger partial charge in [-0.25, -0.2) is 0 Å². The van der Waals surface area contributed by atoms with Gasteiger partial charge in [0.2, 0.25) is 0 Å². The van der Waals surface area contributed by atoms with Gasteiger partial charge < -0.3 is 10.4 Å². The molecular weight excluding hydrogens is 282 g/mol. The number of phenols is 1. The monoisotopic (exact) mass is 293 g/mol. The van der Waals surface area contributed by atoms with E-state index >= 15 is 0 Å². The highest BCUT2D eigenvalue weighted by atomic mass is 35.5. The molecule has 0 heterocycles. The molecule has 0 atom stereocenters. The van der Waals surface area contributed by atoms with Crippen molar-refractivity contribution in [3.63, 3.8) is 0 Å². The number of aromatic hydroxyl groups is 1. The fourth-order valence-electron chi connectivity index (χ4n) is 1.55. The summed E-state index contributed by atoms with van der Waals surface area (Å²) in [5, 5.41) is 12.3. The minimum atomic E-state index is -0.264. The first-order chi connectivity index (χ1) is 9.10. The molecule has 0 aromatic heterocycles. The lowest BCUT2D eigenvalue weighted by atomic mass is 10.2. The highest BCUT2D eigenvalue weighted by Crippen LogP contribution is 2.24. The molecule has 0 fully saturated rings. The smallest absolute Gasteiger partial charge is 0.255 e. The number of rotatable bonds is 3. The SMILES string of the molecule is CSc1cccc(NC(=O)c2ccc(O)c(Cl)c2)c1. The summed E-state index contributed by atoms with van der Waals surface area (Å²) in [6, 6.07) is 11.9. The van der Waals surface area contributed by atoms with Crippen molar-refractivity contribution >= 4 is 35.0 Å². The van der Waals surface area contributed by atoms with E-state index in [1.165, 1.54) is 18.2 Å². The van der Waals surface area contributed by atoms with Crippen molar-refractivity contribution in [2.75, 3.05) is 11.6 Å². The summed E-state index contributed by atoms with van der Waals surface area (Å²) in [5.74, 6) is -0.303. The number of anilines is 1. The summed E-state index contributed by atoms with van der Waals surface area (Å²) in [5.41, 5.74) is 1.12. The molecule has 2 aromatic carbocycles. The molecule has 2 aromatic rings. The molecule has 0 aliphatic rings. The second-order valence-electron chi connectivity index (χ2n) is 3.85. The Balaban J connectivity index is 2.18. The first-order valence-electron chi connectivity index (χ1n) is 5.54. The normalized spacial score (nSPS) is 10.2. The maximum Gasteiger partial charge on any atom is 0.255 e. The Bertz CT molecular complexity index is 616. The average Bonchev–Trinajstić information content (AvgIpc) is 2.42. The summed E-state index contributed by atoms with van der Waals surface area (Å²) < 4.78 is 0. The van der Waals surface area contributed by atoms with Crippen molar-refractivity contribution in [1.82, 2.24) is 0 Å². The number of phenolic OH excluding ortho intramolecular Hbond substituents is 1. The van der Waals surface area contributed by atoms with E-state index in [0.29, 0.717) is 5.56 Å². The molecule has 0 spiro atoms. The lowest BCUT2D eigenvalue weighted by molar-refractivity contribution is 0.102. The zero-order valence-corrected chi connectivity index (χ0v) is 11.8. The molecule has 0 aliphatic heterocycles. The molecule has 3 nitrogen and oxygen atoms in total. The van der Waals surface area contributed by atoms with E-state index in [1.54, 1.807) is 11.8 Å². The number of thioether (sulfide) groups is 1. The van der Waals surface area contributed by atoms with Crippen LogP contribution in [0.1, 0.15) is 10.4 Å². The second-order valence-corrected chi connectivity index (χ2v) is 5.14. The number of benzene rings is 2. The lowest BCUT2D eigenvalue weighted by Gasteiger charge is -2.07. The maximum atomic E-state index is 12.0. The Labute approximate surface area is 120 Å². The molecule has 0 saturated carbocycles. The quantitative estimate of drug-likeness (QED) is 0.840. The molecule has 98 valence electrons. The van der Waals surface area contributed by atoms with Gasteiger partial charge in [0.1, 0.15) is 5.75 Å². The second kappa shape index (κ2) is 5.99. The van der Waals surface area contributed by atoms with Crippen molar-refractivity contribution in [3.05, 3.63) is 53.1 Å². The zero-order chi connectivity index (χ0) is 13.8. The molecule has 0 saturated heterocycles. The molecule has 1 amide bonds. The number of amides is 1. The largest absolute Gasteiger partial charge is 0.506 e. The highest BCUT2D eigenvalue weighted by molar-refractivity contribution is 7.98. The van der Waals surface area contributed by atoms with Gasteiger partial charge in [-0.3, -0.25) is 4.79 Å². The summed E-state index contributed by atoms with van der Waals surface area (Å²) in [6.07, 6.45) is 1.97. The maximum absolute atomic E-state index is 12.0. The highest BCUT2D eigenvalue weighted by Gasteiger charge is 2.08. The number of carbonyl (C=O) groups is 1. The van der Waals surface area contributed by atoms with Crippen molar-refractivity contribution in [2.24, 2.45) is 0 Å². The van der Waals surface area contributed by atoms with Crippen LogP contribution in [-0.2, 0) is 0 Å². The first-order valence-corrected chi connectivity index (χ1v) is 7.14. The number of halogens is 1. The van der Waals surface area contributed by atoms with Gasteiger partial charge in [0, 0.05) is 16.1 Å². The van der Waals surface area contributed by atoms with Gasteiger partial charge in [0.05, 0.1) is 5.02 Å². The van der Waals surface area contributed by atoms with Crippen LogP contribution in [0.25, 0.3) is 0 Å². The minimum Gasteiger partial charge on any atom is -0.506 e. The van der Waals surface area contributed by atoms with E-state index in [9.17, 15) is 9.90 Å². The third kappa shape index (κ3) is 3.43. The van der Waals surface area contributed by atoms with Gasteiger partial charge >= 0.3 is 0 Å². The lowest BCUT2D eigenvalue weighted by Crippen LogP contribution is -2.11. The number of hydrogen-bond acceptors (Lipinski definition) is 3. The van der Waals surface area contributed by atoms with Crippen LogP contribution >= 0.6 is 23.4 Å². The van der Waals surface area contributed by atoms with Crippen molar-refractivity contribution in [1.29, 1.82) is 0 Å². The van der Waals surface area contributed by atoms with Gasteiger partial charge in [0.25, 0.3) is 5.91 Å². The van der Waals surface area contributed by atoms with Gasteiger partial charge in [-0.2, -0.15) is 0 Å². The van der Waals surface area contributed by atoms with Crippen LogP contribution < -0.4 is 5.32 Å². The van der Waals surface area contributed by atoms with E-state index in [2.05, 4.69) is 5.32 Å². The summed E-state index contributed by atoms with van der Waals surface area (Å²) >= 11 is 7.38. The number of hydrogen-bond donors (Lipinski definition) is 2. The van der Waals surface area contributed by atoms with Crippen LogP contribution in [-0.4, -0.2) is 17.3 Å². The third-order valence-electron chi connectivity index (χ3n) is 2.54. The Morgan fingerprint density at radius 2 is 2.05 bits per heavy atom. The molecule has 19 heavy (non-hydrogen) atoms. The van der Waals surface area contributed by atoms with Crippen molar-refractivity contribution in [2.45, 2.75) is 4.90 Å². The standard InChI is InChI=1S/C14H12ClNO2S/c1-19-11-4-2-3-10(8-11)16-14(18)9-5-6-13(17)12(15)7-9/h2-8,17H,1H3,(H,16,18). The third-order valence-corrected chi connectivity index (χ3v) is 3.57. The van der Waals surface area contributed by atoms with Crippen molar-refractivity contribution in [3.8, 4) is 5.75 Å². The Morgan fingerprint density at radius 3 is 2.74 bits per heavy atom. The minimum absolute atomic E-state index is 0.0393. The molecule has 2 N–H and O–H groups in total. The van der Waals surface area contributed by atoms with Crippen LogP contribution in [0.15, 0.2) is 47.4 Å². The van der Waals surface area contributed by atoms with E-state index in [1.807, 2.05) is 30.5 Å². The Morgan fingerprint density at radius 1 is 1.26 bits per heavy atom. The van der Waals surface area contributed by atoms with E-state index < -0.39 is 0 Å². The topological polar surface area (TPSA) is 49.3 Å².